The summed E-state index contributed by atoms with van der Waals surface area (Å²) in [4.78, 5) is 26.7. The lowest BCUT2D eigenvalue weighted by Gasteiger charge is -2.36. The number of hydrogen-bond acceptors (Lipinski definition) is 4. The number of ketones is 1. The van der Waals surface area contributed by atoms with E-state index in [2.05, 4.69) is 0 Å². The molecule has 0 radical (unpaired) electrons. The van der Waals surface area contributed by atoms with Crippen LogP contribution in [-0.4, -0.2) is 44.0 Å². The highest BCUT2D eigenvalue weighted by Gasteiger charge is 2.35. The van der Waals surface area contributed by atoms with E-state index < -0.39 is 10.0 Å². The van der Waals surface area contributed by atoms with Crippen molar-refractivity contribution in [3.05, 3.63) is 58.9 Å². The molecule has 2 aromatic rings. The van der Waals surface area contributed by atoms with Gasteiger partial charge in [0.25, 0.3) is 0 Å². The molecule has 2 aliphatic heterocycles. The molecule has 1 amide bonds. The molecule has 6 nitrogen and oxygen atoms in total. The first-order valence-corrected chi connectivity index (χ1v) is 12.3. The summed E-state index contributed by atoms with van der Waals surface area (Å²) in [5.41, 5.74) is 2.88. The number of carbonyl (C=O) groups excluding carboxylic acids is 2. The Labute approximate surface area is 188 Å². The molecule has 0 spiro atoms. The standard InChI is InChI=1S/C24H27FN2O4S/c1-16-14-21(25)15-20-4-3-11-27(23(16)20)24(29)19-9-12-26(13-10-19)32(30,31)22-7-5-18(6-8-22)17(2)28/h5-8,14-15,19H,3-4,9-13H2,1-2H3. The highest BCUT2D eigenvalue weighted by Crippen LogP contribution is 2.34. The van der Waals surface area contributed by atoms with E-state index in [1.54, 1.807) is 4.90 Å². The molecule has 170 valence electrons. The second-order valence-electron chi connectivity index (χ2n) is 8.58. The van der Waals surface area contributed by atoms with Crippen molar-refractivity contribution in [2.45, 2.75) is 44.4 Å². The summed E-state index contributed by atoms with van der Waals surface area (Å²) in [6.45, 7) is 4.37. The minimum atomic E-state index is -3.68. The topological polar surface area (TPSA) is 74.8 Å². The average Bonchev–Trinajstić information content (AvgIpc) is 2.78. The Morgan fingerprint density at radius 3 is 2.31 bits per heavy atom. The lowest BCUT2D eigenvalue weighted by atomic mass is 9.92. The largest absolute Gasteiger partial charge is 0.312 e. The first-order chi connectivity index (χ1) is 15.2. The zero-order valence-electron chi connectivity index (χ0n) is 18.3. The first kappa shape index (κ1) is 22.6. The van der Waals surface area contributed by atoms with Gasteiger partial charge in [-0.15, -0.1) is 0 Å². The lowest BCUT2D eigenvalue weighted by Crippen LogP contribution is -2.46. The van der Waals surface area contributed by atoms with Crippen molar-refractivity contribution >= 4 is 27.4 Å². The number of sulfonamides is 1. The molecule has 2 heterocycles. The van der Waals surface area contributed by atoms with Gasteiger partial charge in [-0.25, -0.2) is 12.8 Å². The summed E-state index contributed by atoms with van der Waals surface area (Å²) in [6.07, 6.45) is 2.41. The SMILES string of the molecule is CC(=O)c1ccc(S(=O)(=O)N2CCC(C(=O)N3CCCc4cc(F)cc(C)c43)CC2)cc1. The van der Waals surface area contributed by atoms with Gasteiger partial charge in [0.1, 0.15) is 5.82 Å². The number of carbonyl (C=O) groups is 2. The van der Waals surface area contributed by atoms with Crippen LogP contribution in [0, 0.1) is 18.7 Å². The van der Waals surface area contributed by atoms with E-state index in [4.69, 9.17) is 0 Å². The molecule has 0 unspecified atom stereocenters. The van der Waals surface area contributed by atoms with E-state index in [0.717, 1.165) is 29.7 Å². The van der Waals surface area contributed by atoms with Gasteiger partial charge < -0.3 is 4.90 Å². The van der Waals surface area contributed by atoms with Crippen molar-refractivity contribution in [3.8, 4) is 0 Å². The van der Waals surface area contributed by atoms with E-state index in [1.165, 1.54) is 47.6 Å². The molecule has 0 N–H and O–H groups in total. The van der Waals surface area contributed by atoms with Crippen LogP contribution < -0.4 is 4.90 Å². The zero-order valence-corrected chi connectivity index (χ0v) is 19.1. The molecule has 4 rings (SSSR count). The summed E-state index contributed by atoms with van der Waals surface area (Å²) in [7, 11) is -3.68. The molecule has 2 aromatic carbocycles. The number of anilines is 1. The minimum absolute atomic E-state index is 0.0106. The summed E-state index contributed by atoms with van der Waals surface area (Å²) in [6, 6.07) is 8.91. The van der Waals surface area contributed by atoms with Crippen LogP contribution in [0.15, 0.2) is 41.3 Å². The number of benzene rings is 2. The first-order valence-electron chi connectivity index (χ1n) is 10.9. The fourth-order valence-corrected chi connectivity index (χ4v) is 6.19. The Kier molecular flexibility index (Phi) is 6.18. The number of fused-ring (bicyclic) bond motifs is 1. The van der Waals surface area contributed by atoms with E-state index in [0.29, 0.717) is 24.9 Å². The van der Waals surface area contributed by atoms with Gasteiger partial charge in [0.15, 0.2) is 5.78 Å². The van der Waals surface area contributed by atoms with Crippen molar-refractivity contribution < 1.29 is 22.4 Å². The van der Waals surface area contributed by atoms with Gasteiger partial charge in [-0.1, -0.05) is 12.1 Å². The third kappa shape index (κ3) is 4.21. The number of rotatable bonds is 4. The molecule has 2 aliphatic rings. The van der Waals surface area contributed by atoms with Gasteiger partial charge in [-0.2, -0.15) is 4.31 Å². The molecular weight excluding hydrogens is 431 g/mol. The second-order valence-corrected chi connectivity index (χ2v) is 10.5. The van der Waals surface area contributed by atoms with E-state index in [1.807, 2.05) is 6.92 Å². The van der Waals surface area contributed by atoms with E-state index in [9.17, 15) is 22.4 Å². The van der Waals surface area contributed by atoms with Crippen molar-refractivity contribution in [1.82, 2.24) is 4.31 Å². The Morgan fingerprint density at radius 2 is 1.69 bits per heavy atom. The maximum atomic E-state index is 13.8. The number of hydrogen-bond donors (Lipinski definition) is 0. The minimum Gasteiger partial charge on any atom is -0.312 e. The summed E-state index contributed by atoms with van der Waals surface area (Å²) >= 11 is 0. The monoisotopic (exact) mass is 458 g/mol. The van der Waals surface area contributed by atoms with Crippen molar-refractivity contribution in [2.75, 3.05) is 24.5 Å². The van der Waals surface area contributed by atoms with Gasteiger partial charge in [-0.05, 0) is 74.9 Å². The van der Waals surface area contributed by atoms with Crippen molar-refractivity contribution in [1.29, 1.82) is 0 Å². The molecule has 8 heteroatoms. The van der Waals surface area contributed by atoms with E-state index >= 15 is 0 Å². The zero-order chi connectivity index (χ0) is 23.0. The lowest BCUT2D eigenvalue weighted by molar-refractivity contribution is -0.123. The fraction of sp³-hybridized carbons (Fsp3) is 0.417. The number of nitrogens with zero attached hydrogens (tertiary/aromatic N) is 2. The van der Waals surface area contributed by atoms with Gasteiger partial charge in [0.2, 0.25) is 15.9 Å². The predicted molar refractivity (Wildman–Crippen MR) is 120 cm³/mol. The summed E-state index contributed by atoms with van der Waals surface area (Å²) < 4.78 is 41.2. The molecule has 0 aromatic heterocycles. The fourth-order valence-electron chi connectivity index (χ4n) is 4.72. The molecule has 1 fully saturated rings. The Bertz CT molecular complexity index is 1150. The van der Waals surface area contributed by atoms with Crippen molar-refractivity contribution in [3.63, 3.8) is 0 Å². The average molecular weight is 459 g/mol. The highest BCUT2D eigenvalue weighted by molar-refractivity contribution is 7.89. The molecule has 32 heavy (non-hydrogen) atoms. The van der Waals surface area contributed by atoms with Crippen LogP contribution in [0.25, 0.3) is 0 Å². The maximum Gasteiger partial charge on any atom is 0.243 e. The summed E-state index contributed by atoms with van der Waals surface area (Å²) in [5, 5.41) is 0. The van der Waals surface area contributed by atoms with Crippen LogP contribution >= 0.6 is 0 Å². The van der Waals surface area contributed by atoms with Crippen LogP contribution in [-0.2, 0) is 21.2 Å². The number of halogens is 1. The maximum absolute atomic E-state index is 13.8. The van der Waals surface area contributed by atoms with Crippen LogP contribution in [0.3, 0.4) is 0 Å². The summed E-state index contributed by atoms with van der Waals surface area (Å²) in [5.74, 6) is -0.684. The van der Waals surface area contributed by atoms with Gasteiger partial charge >= 0.3 is 0 Å². The molecule has 0 aliphatic carbocycles. The predicted octanol–water partition coefficient (Wildman–Crippen LogP) is 3.72. The Balaban J connectivity index is 1.46. The van der Waals surface area contributed by atoms with Crippen LogP contribution in [0.2, 0.25) is 0 Å². The van der Waals surface area contributed by atoms with E-state index in [-0.39, 0.29) is 41.4 Å². The smallest absolute Gasteiger partial charge is 0.243 e. The number of Topliss-reactive ketones (excluding diaryl/α,β-unsaturated/α-hetero) is 1. The molecule has 0 saturated carbocycles. The third-order valence-electron chi connectivity index (χ3n) is 6.41. The van der Waals surface area contributed by atoms with Crippen LogP contribution in [0.5, 0.6) is 0 Å². The second kappa shape index (κ2) is 8.75. The molecule has 0 atom stereocenters. The number of aryl methyl sites for hydroxylation is 2. The number of piperidine rings is 1. The normalized spacial score (nSPS) is 17.8. The molecule has 1 saturated heterocycles. The van der Waals surface area contributed by atoms with Crippen molar-refractivity contribution in [2.24, 2.45) is 5.92 Å². The van der Waals surface area contributed by atoms with Gasteiger partial charge in [0.05, 0.1) is 4.90 Å². The molecule has 0 bridgehead atoms. The highest BCUT2D eigenvalue weighted by atomic mass is 32.2. The van der Waals surface area contributed by atoms with Crippen LogP contribution in [0.1, 0.15) is 47.7 Å². The molecular formula is C24H27FN2O4S. The Hall–Kier alpha value is -2.58. The van der Waals surface area contributed by atoms with Gasteiger partial charge in [-0.3, -0.25) is 9.59 Å². The quantitative estimate of drug-likeness (QED) is 0.655. The van der Waals surface area contributed by atoms with Crippen LogP contribution in [0.4, 0.5) is 10.1 Å². The number of amides is 1. The Morgan fingerprint density at radius 1 is 1.03 bits per heavy atom. The third-order valence-corrected chi connectivity index (χ3v) is 8.32. The van der Waals surface area contributed by atoms with Gasteiger partial charge in [0, 0.05) is 36.8 Å².